The first-order chi connectivity index (χ1) is 12.8. The molecule has 26 heavy (non-hydrogen) atoms. The predicted octanol–water partition coefficient (Wildman–Crippen LogP) is 4.03. The Hall–Kier alpha value is -2.05. The van der Waals surface area contributed by atoms with Gasteiger partial charge in [0.1, 0.15) is 0 Å². The SMILES string of the molecule is COc1cccc2c1OCCCN(C(=O)c1ccc(C3CCCO3)s1)C2. The molecule has 4 rings (SSSR count). The van der Waals surface area contributed by atoms with Gasteiger partial charge in [0.25, 0.3) is 5.91 Å². The fraction of sp³-hybridized carbons (Fsp3) is 0.450. The maximum atomic E-state index is 13.1. The molecule has 0 aliphatic carbocycles. The maximum absolute atomic E-state index is 13.1. The first-order valence-corrected chi connectivity index (χ1v) is 9.87. The molecule has 6 heteroatoms. The van der Waals surface area contributed by atoms with Crippen molar-refractivity contribution in [3.05, 3.63) is 45.6 Å². The van der Waals surface area contributed by atoms with Crippen LogP contribution < -0.4 is 9.47 Å². The highest BCUT2D eigenvalue weighted by Crippen LogP contribution is 2.35. The number of hydrogen-bond acceptors (Lipinski definition) is 5. The van der Waals surface area contributed by atoms with Gasteiger partial charge in [-0.3, -0.25) is 4.79 Å². The summed E-state index contributed by atoms with van der Waals surface area (Å²) < 4.78 is 17.0. The molecule has 0 saturated carbocycles. The van der Waals surface area contributed by atoms with Gasteiger partial charge in [-0.1, -0.05) is 12.1 Å². The first kappa shape index (κ1) is 17.4. The highest BCUT2D eigenvalue weighted by atomic mass is 32.1. The van der Waals surface area contributed by atoms with E-state index in [1.807, 2.05) is 35.2 Å². The number of thiophene rings is 1. The molecule has 2 aliphatic heterocycles. The lowest BCUT2D eigenvalue weighted by Gasteiger charge is -2.27. The van der Waals surface area contributed by atoms with Crippen LogP contribution >= 0.6 is 11.3 Å². The van der Waals surface area contributed by atoms with Crippen LogP contribution in [0.4, 0.5) is 0 Å². The number of amides is 1. The van der Waals surface area contributed by atoms with E-state index in [-0.39, 0.29) is 12.0 Å². The van der Waals surface area contributed by atoms with Gasteiger partial charge in [-0.05, 0) is 37.5 Å². The summed E-state index contributed by atoms with van der Waals surface area (Å²) in [5.41, 5.74) is 0.980. The van der Waals surface area contributed by atoms with Crippen molar-refractivity contribution in [2.24, 2.45) is 0 Å². The zero-order chi connectivity index (χ0) is 17.9. The molecular formula is C20H23NO4S. The van der Waals surface area contributed by atoms with Crippen LogP contribution in [0.1, 0.15) is 45.5 Å². The average molecular weight is 373 g/mol. The van der Waals surface area contributed by atoms with E-state index < -0.39 is 0 Å². The Labute approximate surface area is 157 Å². The van der Waals surface area contributed by atoms with Crippen LogP contribution in [0.15, 0.2) is 30.3 Å². The zero-order valence-electron chi connectivity index (χ0n) is 14.9. The van der Waals surface area contributed by atoms with Gasteiger partial charge in [0.2, 0.25) is 0 Å². The van der Waals surface area contributed by atoms with E-state index in [1.165, 1.54) is 0 Å². The maximum Gasteiger partial charge on any atom is 0.264 e. The second-order valence-electron chi connectivity index (χ2n) is 6.58. The quantitative estimate of drug-likeness (QED) is 0.815. The van der Waals surface area contributed by atoms with E-state index in [9.17, 15) is 4.79 Å². The Balaban J connectivity index is 1.55. The topological polar surface area (TPSA) is 48.0 Å². The van der Waals surface area contributed by atoms with Gasteiger partial charge in [-0.15, -0.1) is 11.3 Å². The summed E-state index contributed by atoms with van der Waals surface area (Å²) in [5.74, 6) is 1.54. The van der Waals surface area contributed by atoms with Gasteiger partial charge in [0, 0.05) is 30.1 Å². The van der Waals surface area contributed by atoms with Gasteiger partial charge in [0.05, 0.1) is 24.7 Å². The number of carbonyl (C=O) groups is 1. The highest BCUT2D eigenvalue weighted by molar-refractivity contribution is 7.14. The third kappa shape index (κ3) is 3.44. The molecule has 0 N–H and O–H groups in total. The van der Waals surface area contributed by atoms with Crippen molar-refractivity contribution in [1.82, 2.24) is 4.90 Å². The lowest BCUT2D eigenvalue weighted by Crippen LogP contribution is -2.33. The molecule has 1 fully saturated rings. The fourth-order valence-electron chi connectivity index (χ4n) is 3.50. The van der Waals surface area contributed by atoms with Crippen molar-refractivity contribution < 1.29 is 19.0 Å². The molecule has 1 saturated heterocycles. The van der Waals surface area contributed by atoms with E-state index in [2.05, 4.69) is 0 Å². The van der Waals surface area contributed by atoms with Crippen LogP contribution in [-0.4, -0.2) is 37.7 Å². The lowest BCUT2D eigenvalue weighted by atomic mass is 10.1. The van der Waals surface area contributed by atoms with Crippen molar-refractivity contribution in [1.29, 1.82) is 0 Å². The van der Waals surface area contributed by atoms with Crippen molar-refractivity contribution in [3.8, 4) is 11.5 Å². The largest absolute Gasteiger partial charge is 0.493 e. The van der Waals surface area contributed by atoms with Gasteiger partial charge >= 0.3 is 0 Å². The third-order valence-electron chi connectivity index (χ3n) is 4.83. The Morgan fingerprint density at radius 3 is 2.96 bits per heavy atom. The molecule has 0 bridgehead atoms. The van der Waals surface area contributed by atoms with Crippen LogP contribution in [-0.2, 0) is 11.3 Å². The number of hydrogen-bond donors (Lipinski definition) is 0. The molecule has 1 aromatic heterocycles. The van der Waals surface area contributed by atoms with Crippen LogP contribution in [0, 0.1) is 0 Å². The minimum absolute atomic E-state index is 0.0786. The molecule has 0 radical (unpaired) electrons. The van der Waals surface area contributed by atoms with E-state index >= 15 is 0 Å². The molecule has 3 heterocycles. The molecule has 1 aromatic carbocycles. The van der Waals surface area contributed by atoms with E-state index in [0.29, 0.717) is 25.4 Å². The van der Waals surface area contributed by atoms with Crippen LogP contribution in [0.25, 0.3) is 0 Å². The molecular weight excluding hydrogens is 350 g/mol. The molecule has 138 valence electrons. The standard InChI is InChI=1S/C20H23NO4S/c1-23-16-6-2-5-14-13-21(10-4-12-25-19(14)16)20(22)18-9-8-17(26-18)15-7-3-11-24-15/h2,5-6,8-9,15H,3-4,7,10-13H2,1H3. The van der Waals surface area contributed by atoms with E-state index in [4.69, 9.17) is 14.2 Å². The molecule has 0 spiro atoms. The second kappa shape index (κ2) is 7.68. The highest BCUT2D eigenvalue weighted by Gasteiger charge is 2.25. The minimum atomic E-state index is 0.0786. The first-order valence-electron chi connectivity index (χ1n) is 9.05. The van der Waals surface area contributed by atoms with Crippen LogP contribution in [0.2, 0.25) is 0 Å². The third-order valence-corrected chi connectivity index (χ3v) is 6.00. The van der Waals surface area contributed by atoms with E-state index in [0.717, 1.165) is 46.9 Å². The number of ether oxygens (including phenoxy) is 3. The van der Waals surface area contributed by atoms with Crippen molar-refractivity contribution in [2.45, 2.75) is 31.9 Å². The number of carbonyl (C=O) groups excluding carboxylic acids is 1. The lowest BCUT2D eigenvalue weighted by molar-refractivity contribution is 0.0726. The second-order valence-corrected chi connectivity index (χ2v) is 7.70. The number of methoxy groups -OCH3 is 1. The summed E-state index contributed by atoms with van der Waals surface area (Å²) in [6.07, 6.45) is 3.10. The molecule has 2 aliphatic rings. The van der Waals surface area contributed by atoms with Gasteiger partial charge in [-0.2, -0.15) is 0 Å². The monoisotopic (exact) mass is 373 g/mol. The fourth-order valence-corrected chi connectivity index (χ4v) is 4.56. The summed E-state index contributed by atoms with van der Waals surface area (Å²) in [7, 11) is 1.64. The number of para-hydroxylation sites is 1. The van der Waals surface area contributed by atoms with Gasteiger partial charge in [-0.25, -0.2) is 0 Å². The van der Waals surface area contributed by atoms with Crippen molar-refractivity contribution in [3.63, 3.8) is 0 Å². The summed E-state index contributed by atoms with van der Waals surface area (Å²) >= 11 is 1.56. The summed E-state index contributed by atoms with van der Waals surface area (Å²) in [6, 6.07) is 9.80. The molecule has 1 amide bonds. The summed E-state index contributed by atoms with van der Waals surface area (Å²) in [6.45, 7) is 2.60. The Kier molecular flexibility index (Phi) is 5.13. The molecule has 1 unspecified atom stereocenters. The van der Waals surface area contributed by atoms with Gasteiger partial charge in [0.15, 0.2) is 11.5 Å². The molecule has 5 nitrogen and oxygen atoms in total. The van der Waals surface area contributed by atoms with Crippen molar-refractivity contribution in [2.75, 3.05) is 26.9 Å². The van der Waals surface area contributed by atoms with Crippen LogP contribution in [0.3, 0.4) is 0 Å². The molecule has 2 aromatic rings. The average Bonchev–Trinajstić information content (AvgIpc) is 3.32. The Morgan fingerprint density at radius 2 is 2.15 bits per heavy atom. The predicted molar refractivity (Wildman–Crippen MR) is 100 cm³/mol. The molecule has 1 atom stereocenters. The van der Waals surface area contributed by atoms with Crippen LogP contribution in [0.5, 0.6) is 11.5 Å². The number of benzene rings is 1. The number of nitrogens with zero attached hydrogens (tertiary/aromatic N) is 1. The number of fused-ring (bicyclic) bond motifs is 1. The smallest absolute Gasteiger partial charge is 0.264 e. The van der Waals surface area contributed by atoms with Crippen molar-refractivity contribution >= 4 is 17.2 Å². The van der Waals surface area contributed by atoms with Gasteiger partial charge < -0.3 is 19.1 Å². The van der Waals surface area contributed by atoms with E-state index in [1.54, 1.807) is 18.4 Å². The summed E-state index contributed by atoms with van der Waals surface area (Å²) in [5, 5.41) is 0. The Bertz CT molecular complexity index is 782. The zero-order valence-corrected chi connectivity index (χ0v) is 15.7. The minimum Gasteiger partial charge on any atom is -0.493 e. The normalized spacial score (nSPS) is 20.0. The summed E-state index contributed by atoms with van der Waals surface area (Å²) in [4.78, 5) is 16.9. The Morgan fingerprint density at radius 1 is 1.23 bits per heavy atom. The number of rotatable bonds is 3.